The third kappa shape index (κ3) is 2.04. The summed E-state index contributed by atoms with van der Waals surface area (Å²) in [6, 6.07) is 2.27. The summed E-state index contributed by atoms with van der Waals surface area (Å²) in [6.45, 7) is 1.46. The zero-order valence-electron chi connectivity index (χ0n) is 9.84. The van der Waals surface area contributed by atoms with Gasteiger partial charge in [0.25, 0.3) is 0 Å². The Hall–Kier alpha value is -0.980. The Morgan fingerprint density at radius 2 is 2.22 bits per heavy atom. The number of hydrogen-bond acceptors (Lipinski definition) is 4. The lowest BCUT2D eigenvalue weighted by atomic mass is 10.1. The van der Waals surface area contributed by atoms with Gasteiger partial charge in [-0.3, -0.25) is 0 Å². The number of nitrogens with zero attached hydrogens (tertiary/aromatic N) is 3. The second-order valence-electron chi connectivity index (χ2n) is 4.42. The highest BCUT2D eigenvalue weighted by Gasteiger charge is 2.21. The summed E-state index contributed by atoms with van der Waals surface area (Å²) >= 11 is 3.40. The summed E-state index contributed by atoms with van der Waals surface area (Å²) in [6.07, 6.45) is 3.65. The average Bonchev–Trinajstić information content (AvgIpc) is 2.77. The molecule has 0 atom stereocenters. The molecular formula is C12H14BrN3O2. The van der Waals surface area contributed by atoms with Gasteiger partial charge in [0.05, 0.1) is 18.3 Å². The Labute approximate surface area is 113 Å². The van der Waals surface area contributed by atoms with Crippen LogP contribution in [0.25, 0.3) is 11.0 Å². The quantitative estimate of drug-likeness (QED) is 0.922. The molecule has 0 radical (unpaired) electrons. The van der Waals surface area contributed by atoms with E-state index in [1.165, 1.54) is 0 Å². The third-order valence-electron chi connectivity index (χ3n) is 3.28. The van der Waals surface area contributed by atoms with Gasteiger partial charge < -0.3 is 9.84 Å². The molecule has 1 N–H and O–H groups in total. The van der Waals surface area contributed by atoms with Crippen molar-refractivity contribution in [3.8, 4) is 0 Å². The van der Waals surface area contributed by atoms with E-state index in [1.54, 1.807) is 6.20 Å². The van der Waals surface area contributed by atoms with Gasteiger partial charge in [0.15, 0.2) is 5.65 Å². The van der Waals surface area contributed by atoms with E-state index in [0.29, 0.717) is 11.7 Å². The Morgan fingerprint density at radius 1 is 1.44 bits per heavy atom. The van der Waals surface area contributed by atoms with E-state index in [2.05, 4.69) is 26.0 Å². The van der Waals surface area contributed by atoms with Crippen LogP contribution in [-0.2, 0) is 11.3 Å². The molecule has 2 aromatic rings. The average molecular weight is 312 g/mol. The molecule has 0 aliphatic carbocycles. The minimum atomic E-state index is -0.0646. The highest BCUT2D eigenvalue weighted by atomic mass is 79.9. The van der Waals surface area contributed by atoms with Gasteiger partial charge in [-0.1, -0.05) is 0 Å². The summed E-state index contributed by atoms with van der Waals surface area (Å²) in [5.74, 6) is 0. The molecule has 18 heavy (non-hydrogen) atoms. The third-order valence-corrected chi connectivity index (χ3v) is 3.71. The van der Waals surface area contributed by atoms with Crippen LogP contribution < -0.4 is 0 Å². The first-order valence-corrected chi connectivity index (χ1v) is 6.80. The summed E-state index contributed by atoms with van der Waals surface area (Å²) < 4.78 is 8.21. The number of aliphatic hydroxyl groups is 1. The smallest absolute Gasteiger partial charge is 0.158 e. The number of aromatic nitrogens is 3. The van der Waals surface area contributed by atoms with E-state index >= 15 is 0 Å². The van der Waals surface area contributed by atoms with Crippen molar-refractivity contribution in [1.82, 2.24) is 14.8 Å². The van der Waals surface area contributed by atoms with Crippen LogP contribution in [0.2, 0.25) is 0 Å². The molecule has 6 heteroatoms. The van der Waals surface area contributed by atoms with Crippen LogP contribution in [0.3, 0.4) is 0 Å². The van der Waals surface area contributed by atoms with Crippen LogP contribution in [0.4, 0.5) is 0 Å². The number of fused-ring (bicyclic) bond motifs is 1. The van der Waals surface area contributed by atoms with Crippen LogP contribution in [0.5, 0.6) is 0 Å². The molecule has 0 saturated carbocycles. The van der Waals surface area contributed by atoms with E-state index in [4.69, 9.17) is 4.74 Å². The van der Waals surface area contributed by atoms with Gasteiger partial charge in [-0.15, -0.1) is 0 Å². The van der Waals surface area contributed by atoms with Crippen molar-refractivity contribution in [2.45, 2.75) is 25.5 Å². The molecule has 0 spiro atoms. The van der Waals surface area contributed by atoms with Crippen LogP contribution in [0.15, 0.2) is 16.7 Å². The van der Waals surface area contributed by atoms with Crippen LogP contribution >= 0.6 is 15.9 Å². The van der Waals surface area contributed by atoms with Crippen molar-refractivity contribution in [1.29, 1.82) is 0 Å². The van der Waals surface area contributed by atoms with Crippen molar-refractivity contribution >= 4 is 27.0 Å². The maximum atomic E-state index is 9.39. The molecule has 0 bridgehead atoms. The van der Waals surface area contributed by atoms with Gasteiger partial charge >= 0.3 is 0 Å². The predicted molar refractivity (Wildman–Crippen MR) is 70.2 cm³/mol. The monoisotopic (exact) mass is 311 g/mol. The van der Waals surface area contributed by atoms with Crippen LogP contribution in [0.1, 0.15) is 24.6 Å². The fraction of sp³-hybridized carbons (Fsp3) is 0.500. The summed E-state index contributed by atoms with van der Waals surface area (Å²) in [4.78, 5) is 4.43. The van der Waals surface area contributed by atoms with E-state index < -0.39 is 0 Å². The number of aliphatic hydroxyl groups excluding tert-OH is 1. The normalized spacial score (nSPS) is 17.4. The molecule has 1 aliphatic rings. The van der Waals surface area contributed by atoms with Crippen LogP contribution in [0, 0.1) is 0 Å². The molecule has 3 heterocycles. The minimum Gasteiger partial charge on any atom is -0.390 e. The fourth-order valence-corrected chi connectivity index (χ4v) is 2.69. The summed E-state index contributed by atoms with van der Waals surface area (Å²) in [5, 5.41) is 14.8. The highest BCUT2D eigenvalue weighted by molar-refractivity contribution is 9.10. The van der Waals surface area contributed by atoms with E-state index in [-0.39, 0.29) is 6.61 Å². The van der Waals surface area contributed by atoms with Gasteiger partial charge in [0, 0.05) is 29.3 Å². The topological polar surface area (TPSA) is 60.2 Å². The molecule has 1 aliphatic heterocycles. The van der Waals surface area contributed by atoms with Crippen LogP contribution in [-0.4, -0.2) is 33.1 Å². The van der Waals surface area contributed by atoms with E-state index in [0.717, 1.165) is 41.6 Å². The maximum absolute atomic E-state index is 9.39. The Morgan fingerprint density at radius 3 is 2.94 bits per heavy atom. The second kappa shape index (κ2) is 4.95. The molecule has 3 rings (SSSR count). The van der Waals surface area contributed by atoms with Crippen molar-refractivity contribution in [3.05, 3.63) is 22.4 Å². The first kappa shape index (κ1) is 12.1. The van der Waals surface area contributed by atoms with Crippen molar-refractivity contribution in [3.63, 3.8) is 0 Å². The molecule has 5 nitrogen and oxygen atoms in total. The predicted octanol–water partition coefficient (Wildman–Crippen LogP) is 2.04. The fourth-order valence-electron chi connectivity index (χ4n) is 2.36. The second-order valence-corrected chi connectivity index (χ2v) is 5.33. The number of halogens is 1. The summed E-state index contributed by atoms with van der Waals surface area (Å²) in [7, 11) is 0. The Kier molecular flexibility index (Phi) is 3.32. The SMILES string of the molecule is OCc1nn(C2CCOCC2)c2ncc(Br)cc12. The van der Waals surface area contributed by atoms with Gasteiger partial charge in [0.1, 0.15) is 0 Å². The Balaban J connectivity index is 2.11. The molecule has 0 aromatic carbocycles. The molecular weight excluding hydrogens is 298 g/mol. The lowest BCUT2D eigenvalue weighted by molar-refractivity contribution is 0.0670. The van der Waals surface area contributed by atoms with E-state index in [1.807, 2.05) is 10.7 Å². The van der Waals surface area contributed by atoms with E-state index in [9.17, 15) is 5.11 Å². The van der Waals surface area contributed by atoms with Crippen molar-refractivity contribution in [2.24, 2.45) is 0 Å². The molecule has 2 aromatic heterocycles. The maximum Gasteiger partial charge on any atom is 0.158 e. The number of rotatable bonds is 2. The highest BCUT2D eigenvalue weighted by Crippen LogP contribution is 2.27. The van der Waals surface area contributed by atoms with Gasteiger partial charge in [-0.2, -0.15) is 5.10 Å². The standard InChI is InChI=1S/C12H14BrN3O2/c13-8-5-10-11(7-17)15-16(12(10)14-6-8)9-1-3-18-4-2-9/h5-6,9,17H,1-4,7H2. The van der Waals surface area contributed by atoms with Gasteiger partial charge in [0.2, 0.25) is 0 Å². The van der Waals surface area contributed by atoms with Crippen molar-refractivity contribution in [2.75, 3.05) is 13.2 Å². The van der Waals surface area contributed by atoms with Crippen molar-refractivity contribution < 1.29 is 9.84 Å². The lowest BCUT2D eigenvalue weighted by Gasteiger charge is -2.22. The molecule has 0 amide bonds. The van der Waals surface area contributed by atoms with Gasteiger partial charge in [-0.05, 0) is 34.8 Å². The minimum absolute atomic E-state index is 0.0646. The Bertz CT molecular complexity index is 564. The molecule has 1 fully saturated rings. The number of ether oxygens (including phenoxy) is 1. The molecule has 96 valence electrons. The number of pyridine rings is 1. The lowest BCUT2D eigenvalue weighted by Crippen LogP contribution is -2.20. The summed E-state index contributed by atoms with van der Waals surface area (Å²) in [5.41, 5.74) is 1.53. The molecule has 0 unspecified atom stereocenters. The molecule has 1 saturated heterocycles. The first-order chi connectivity index (χ1) is 8.79. The van der Waals surface area contributed by atoms with Gasteiger partial charge in [-0.25, -0.2) is 9.67 Å². The largest absolute Gasteiger partial charge is 0.390 e. The zero-order valence-corrected chi connectivity index (χ0v) is 11.4. The first-order valence-electron chi connectivity index (χ1n) is 6.01. The zero-order chi connectivity index (χ0) is 12.5. The number of hydrogen-bond donors (Lipinski definition) is 1.